The number of nitrogens with two attached hydrogens (primary N) is 1. The van der Waals surface area contributed by atoms with Crippen molar-refractivity contribution in [1.82, 2.24) is 25.9 Å². The summed E-state index contributed by atoms with van der Waals surface area (Å²) >= 11 is 0. The number of aromatic nitrogens is 2. The maximum Gasteiger partial charge on any atom is 0.325 e. The fourth-order valence-electron chi connectivity index (χ4n) is 2.51. The van der Waals surface area contributed by atoms with Gasteiger partial charge < -0.3 is 36.9 Å². The summed E-state index contributed by atoms with van der Waals surface area (Å²) in [5.41, 5.74) is 6.05. The lowest BCUT2D eigenvalue weighted by molar-refractivity contribution is -0.141. The first-order valence-electron chi connectivity index (χ1n) is 9.58. The van der Waals surface area contributed by atoms with E-state index in [1.807, 2.05) is 6.92 Å². The number of amides is 3. The molecule has 0 aliphatic heterocycles. The van der Waals surface area contributed by atoms with Gasteiger partial charge in [-0.1, -0.05) is 20.3 Å². The predicted molar refractivity (Wildman–Crippen MR) is 106 cm³/mol. The van der Waals surface area contributed by atoms with Crippen molar-refractivity contribution in [3.05, 3.63) is 18.2 Å². The average molecular weight is 426 g/mol. The second-order valence-corrected chi connectivity index (χ2v) is 7.07. The van der Waals surface area contributed by atoms with Gasteiger partial charge in [0.1, 0.15) is 24.2 Å². The molecule has 0 aliphatic carbocycles. The molecule has 0 aliphatic rings. The molecule has 0 aromatic carbocycles. The summed E-state index contributed by atoms with van der Waals surface area (Å²) in [5.74, 6) is -3.56. The zero-order valence-corrected chi connectivity index (χ0v) is 17.2. The number of nitrogens with one attached hydrogen (secondary N) is 4. The highest BCUT2D eigenvalue weighted by Gasteiger charge is 2.32. The molecule has 30 heavy (non-hydrogen) atoms. The van der Waals surface area contributed by atoms with Crippen molar-refractivity contribution in [3.8, 4) is 0 Å². The normalized spacial score (nSPS) is 15.9. The van der Waals surface area contributed by atoms with E-state index in [1.165, 1.54) is 19.4 Å². The van der Waals surface area contributed by atoms with Gasteiger partial charge in [0.15, 0.2) is 0 Å². The minimum atomic E-state index is -1.22. The van der Waals surface area contributed by atoms with Crippen molar-refractivity contribution >= 4 is 23.7 Å². The molecule has 0 saturated carbocycles. The van der Waals surface area contributed by atoms with Crippen LogP contribution in [-0.2, 0) is 25.6 Å². The molecule has 0 saturated heterocycles. The fourth-order valence-corrected chi connectivity index (χ4v) is 2.51. The second-order valence-electron chi connectivity index (χ2n) is 7.07. The lowest BCUT2D eigenvalue weighted by Crippen LogP contribution is -2.59. The highest BCUT2D eigenvalue weighted by molar-refractivity contribution is 5.94. The Kier molecular flexibility index (Phi) is 9.92. The highest BCUT2D eigenvalue weighted by atomic mass is 16.4. The zero-order chi connectivity index (χ0) is 22.8. The molecule has 5 atom stereocenters. The summed E-state index contributed by atoms with van der Waals surface area (Å²) in [4.78, 5) is 55.3. The van der Waals surface area contributed by atoms with Gasteiger partial charge in [-0.3, -0.25) is 19.2 Å². The Labute approximate surface area is 174 Å². The van der Waals surface area contributed by atoms with E-state index >= 15 is 0 Å². The number of carbonyl (C=O) groups is 4. The number of nitrogens with zero attached hydrogens (tertiary/aromatic N) is 1. The van der Waals surface area contributed by atoms with E-state index in [0.717, 1.165) is 0 Å². The Hall–Kier alpha value is -2.99. The van der Waals surface area contributed by atoms with Crippen LogP contribution >= 0.6 is 0 Å². The fraction of sp³-hybridized carbons (Fsp3) is 0.611. The number of hydrogen-bond donors (Lipinski definition) is 7. The molecule has 12 nitrogen and oxygen atoms in total. The third kappa shape index (κ3) is 7.44. The van der Waals surface area contributed by atoms with Gasteiger partial charge in [0.05, 0.1) is 12.9 Å². The van der Waals surface area contributed by atoms with Crippen molar-refractivity contribution in [2.75, 3.05) is 6.61 Å². The zero-order valence-electron chi connectivity index (χ0n) is 17.2. The van der Waals surface area contributed by atoms with E-state index in [0.29, 0.717) is 12.1 Å². The van der Waals surface area contributed by atoms with Crippen LogP contribution in [0.15, 0.2) is 12.5 Å². The molecule has 1 aromatic heterocycles. The SMILES string of the molecule is CCC(C)C(NC(=O)C(N)CO)C(=O)NC(Cc1cnc[nH]1)C(=O)NC(C)C(=O)O. The number of aliphatic hydroxyl groups excluding tert-OH is 1. The van der Waals surface area contributed by atoms with Gasteiger partial charge in [-0.05, 0) is 12.8 Å². The number of H-pyrrole nitrogens is 1. The van der Waals surface area contributed by atoms with Gasteiger partial charge >= 0.3 is 5.97 Å². The van der Waals surface area contributed by atoms with E-state index in [1.54, 1.807) is 6.92 Å². The van der Waals surface area contributed by atoms with Crippen LogP contribution in [0.1, 0.15) is 32.9 Å². The van der Waals surface area contributed by atoms with Crippen LogP contribution in [0.2, 0.25) is 0 Å². The molecule has 3 amide bonds. The molecule has 0 radical (unpaired) electrons. The summed E-state index contributed by atoms with van der Waals surface area (Å²) in [6.07, 6.45) is 3.45. The molecule has 12 heteroatoms. The summed E-state index contributed by atoms with van der Waals surface area (Å²) in [6, 6.07) is -4.47. The molecule has 1 aromatic rings. The van der Waals surface area contributed by atoms with Crippen LogP contribution in [0.5, 0.6) is 0 Å². The number of carboxylic acids is 1. The highest BCUT2D eigenvalue weighted by Crippen LogP contribution is 2.10. The largest absolute Gasteiger partial charge is 0.480 e. The number of hydrogen-bond acceptors (Lipinski definition) is 7. The van der Waals surface area contributed by atoms with Crippen LogP contribution in [-0.4, -0.2) is 74.6 Å². The number of aliphatic carboxylic acids is 1. The van der Waals surface area contributed by atoms with E-state index in [9.17, 15) is 19.2 Å². The first-order chi connectivity index (χ1) is 14.1. The van der Waals surface area contributed by atoms with Crippen molar-refractivity contribution in [3.63, 3.8) is 0 Å². The first kappa shape index (κ1) is 25.0. The minimum absolute atomic E-state index is 0.0290. The Balaban J connectivity index is 3.01. The van der Waals surface area contributed by atoms with E-state index in [-0.39, 0.29) is 12.3 Å². The van der Waals surface area contributed by atoms with Gasteiger partial charge in [0.2, 0.25) is 17.7 Å². The van der Waals surface area contributed by atoms with E-state index < -0.39 is 54.5 Å². The Morgan fingerprint density at radius 1 is 1.13 bits per heavy atom. The van der Waals surface area contributed by atoms with Crippen LogP contribution < -0.4 is 21.7 Å². The molecule has 1 heterocycles. The lowest BCUT2D eigenvalue weighted by Gasteiger charge is -2.27. The smallest absolute Gasteiger partial charge is 0.325 e. The standard InChI is InChI=1S/C18H30N6O6/c1-4-9(2)14(24-15(26)12(19)7-25)17(28)23-13(5-11-6-20-8-21-11)16(27)22-10(3)18(29)30/h6,8-10,12-14,25H,4-5,7,19H2,1-3H3,(H,20,21)(H,22,27)(H,23,28)(H,24,26)(H,29,30). The van der Waals surface area contributed by atoms with Crippen molar-refractivity contribution in [1.29, 1.82) is 0 Å². The van der Waals surface area contributed by atoms with Gasteiger partial charge in [0, 0.05) is 18.3 Å². The quantitative estimate of drug-likeness (QED) is 0.196. The Morgan fingerprint density at radius 2 is 1.80 bits per heavy atom. The van der Waals surface area contributed by atoms with E-state index in [2.05, 4.69) is 25.9 Å². The number of rotatable bonds is 12. The van der Waals surface area contributed by atoms with Crippen molar-refractivity contribution < 1.29 is 29.4 Å². The first-order valence-corrected chi connectivity index (χ1v) is 9.58. The molecule has 0 spiro atoms. The molecule has 168 valence electrons. The molecular formula is C18H30N6O6. The summed E-state index contributed by atoms with van der Waals surface area (Å²) in [5, 5.41) is 25.5. The lowest BCUT2D eigenvalue weighted by atomic mass is 9.97. The Bertz CT molecular complexity index is 725. The number of carbonyl (C=O) groups excluding carboxylic acids is 3. The predicted octanol–water partition coefficient (Wildman–Crippen LogP) is -2.12. The third-order valence-corrected chi connectivity index (χ3v) is 4.67. The summed E-state index contributed by atoms with van der Waals surface area (Å²) in [6.45, 7) is 4.28. The van der Waals surface area contributed by atoms with Crippen molar-refractivity contribution in [2.24, 2.45) is 11.7 Å². The molecule has 1 rings (SSSR count). The number of aliphatic hydroxyl groups is 1. The average Bonchev–Trinajstić information content (AvgIpc) is 3.22. The second kappa shape index (κ2) is 11.9. The maximum atomic E-state index is 12.9. The van der Waals surface area contributed by atoms with E-state index in [4.69, 9.17) is 15.9 Å². The minimum Gasteiger partial charge on any atom is -0.480 e. The van der Waals surface area contributed by atoms with Crippen LogP contribution in [0.25, 0.3) is 0 Å². The molecule has 5 unspecified atom stereocenters. The summed E-state index contributed by atoms with van der Waals surface area (Å²) < 4.78 is 0. The molecule has 0 bridgehead atoms. The Morgan fingerprint density at radius 3 is 2.30 bits per heavy atom. The third-order valence-electron chi connectivity index (χ3n) is 4.67. The van der Waals surface area contributed by atoms with Crippen molar-refractivity contribution in [2.45, 2.75) is 57.8 Å². The molecule has 0 fully saturated rings. The van der Waals surface area contributed by atoms with Crippen LogP contribution in [0, 0.1) is 5.92 Å². The van der Waals surface area contributed by atoms with Gasteiger partial charge in [-0.2, -0.15) is 0 Å². The van der Waals surface area contributed by atoms with Crippen LogP contribution in [0.3, 0.4) is 0 Å². The summed E-state index contributed by atoms with van der Waals surface area (Å²) in [7, 11) is 0. The van der Waals surface area contributed by atoms with Gasteiger partial charge in [-0.25, -0.2) is 4.98 Å². The van der Waals surface area contributed by atoms with Crippen LogP contribution in [0.4, 0.5) is 0 Å². The topological polar surface area (TPSA) is 200 Å². The number of carboxylic acid groups (broad SMARTS) is 1. The maximum absolute atomic E-state index is 12.9. The monoisotopic (exact) mass is 426 g/mol. The number of imidazole rings is 1. The molecular weight excluding hydrogens is 396 g/mol. The van der Waals surface area contributed by atoms with Gasteiger partial charge in [-0.15, -0.1) is 0 Å². The van der Waals surface area contributed by atoms with Gasteiger partial charge in [0.25, 0.3) is 0 Å². The molecule has 8 N–H and O–H groups in total. The number of aromatic amines is 1.